The fourth-order valence-electron chi connectivity index (χ4n) is 4.32. The number of aliphatic imine (C=N–C) groups is 1. The third-order valence-electron chi connectivity index (χ3n) is 6.23. The van der Waals surface area contributed by atoms with Gasteiger partial charge in [0.25, 0.3) is 5.91 Å². The van der Waals surface area contributed by atoms with Crippen LogP contribution in [0.1, 0.15) is 38.4 Å². The third-order valence-corrected chi connectivity index (χ3v) is 8.34. The minimum Gasteiger partial charge on any atom is -0.497 e. The predicted octanol–water partition coefficient (Wildman–Crippen LogP) is 3.05. The Bertz CT molecular complexity index is 1390. The lowest BCUT2D eigenvalue weighted by molar-refractivity contribution is 0.0953. The molecule has 4 rings (SSSR count). The molecule has 196 valence electrons. The van der Waals surface area contributed by atoms with Gasteiger partial charge in [0.15, 0.2) is 0 Å². The molecule has 37 heavy (non-hydrogen) atoms. The molecule has 1 aliphatic heterocycles. The van der Waals surface area contributed by atoms with Gasteiger partial charge in [0.05, 0.1) is 30.7 Å². The largest absolute Gasteiger partial charge is 0.497 e. The van der Waals surface area contributed by atoms with E-state index in [1.54, 1.807) is 39.2 Å². The zero-order valence-electron chi connectivity index (χ0n) is 21.5. The van der Waals surface area contributed by atoms with Crippen LogP contribution in [0.4, 0.5) is 0 Å². The van der Waals surface area contributed by atoms with Crippen LogP contribution < -0.4 is 15.4 Å². The summed E-state index contributed by atoms with van der Waals surface area (Å²) in [6.07, 6.45) is 2.03. The molecule has 0 unspecified atom stereocenters. The molecule has 1 amide bonds. The van der Waals surface area contributed by atoms with Crippen LogP contribution in [-0.4, -0.2) is 58.3 Å². The second kappa shape index (κ2) is 11.2. The van der Waals surface area contributed by atoms with Crippen LogP contribution in [-0.2, 0) is 23.0 Å². The van der Waals surface area contributed by atoms with Gasteiger partial charge in [-0.15, -0.1) is 0 Å². The van der Waals surface area contributed by atoms with Crippen LogP contribution in [0.3, 0.4) is 0 Å². The molecule has 0 fully saturated rings. The zero-order valence-corrected chi connectivity index (χ0v) is 22.3. The van der Waals surface area contributed by atoms with Gasteiger partial charge in [-0.2, -0.15) is 4.31 Å². The molecule has 2 N–H and O–H groups in total. The van der Waals surface area contributed by atoms with Crippen molar-refractivity contribution in [3.05, 3.63) is 82.3 Å². The maximum atomic E-state index is 13.2. The van der Waals surface area contributed by atoms with Crippen LogP contribution in [0.5, 0.6) is 5.75 Å². The van der Waals surface area contributed by atoms with Crippen molar-refractivity contribution in [2.75, 3.05) is 33.8 Å². The molecule has 1 aromatic heterocycles. The number of amidine groups is 1. The Kier molecular flexibility index (Phi) is 7.99. The number of carbonyl (C=O) groups excluding carboxylic acids is 1. The van der Waals surface area contributed by atoms with Crippen LogP contribution >= 0.6 is 0 Å². The normalized spacial score (nSPS) is 13.4. The Morgan fingerprint density at radius 1 is 1.16 bits per heavy atom. The molecule has 0 saturated carbocycles. The SMILES string of the molecule is COc1cc(C)c(S(=O)(=O)N(C)Cc2cc(C(=O)NCCc3ccc(C4=NCCN4)cc3)co2)c(C)c1. The predicted molar refractivity (Wildman–Crippen MR) is 142 cm³/mol. The molecular formula is C27H32N4O5S. The summed E-state index contributed by atoms with van der Waals surface area (Å²) in [5.41, 5.74) is 3.70. The van der Waals surface area contributed by atoms with Crippen LogP contribution in [0, 0.1) is 13.8 Å². The number of nitrogens with zero attached hydrogens (tertiary/aromatic N) is 2. The standard InChI is InChI=1S/C27H32N4O5S/c1-18-13-23(35-4)14-19(2)25(18)37(33,34)31(3)16-24-15-22(17-36-24)27(32)30-10-9-20-5-7-21(8-6-20)26-28-11-12-29-26/h5-8,13-15,17H,9-12,16H2,1-4H3,(H,28,29)(H,30,32). The van der Waals surface area contributed by atoms with Gasteiger partial charge in [-0.3, -0.25) is 9.79 Å². The maximum absolute atomic E-state index is 13.2. The highest BCUT2D eigenvalue weighted by Crippen LogP contribution is 2.28. The van der Waals surface area contributed by atoms with Crippen LogP contribution in [0.25, 0.3) is 0 Å². The molecule has 0 spiro atoms. The van der Waals surface area contributed by atoms with Gasteiger partial charge in [0, 0.05) is 25.7 Å². The number of sulfonamides is 1. The summed E-state index contributed by atoms with van der Waals surface area (Å²) < 4.78 is 38.4. The van der Waals surface area contributed by atoms with E-state index in [1.165, 1.54) is 17.6 Å². The quantitative estimate of drug-likeness (QED) is 0.422. The second-order valence-corrected chi connectivity index (χ2v) is 11.0. The van der Waals surface area contributed by atoms with Crippen molar-refractivity contribution < 1.29 is 22.4 Å². The first-order chi connectivity index (χ1) is 17.7. The Balaban J connectivity index is 1.33. The number of nitrogens with one attached hydrogen (secondary N) is 2. The van der Waals surface area contributed by atoms with E-state index in [9.17, 15) is 13.2 Å². The summed E-state index contributed by atoms with van der Waals surface area (Å²) in [6, 6.07) is 13.1. The zero-order chi connectivity index (χ0) is 26.6. The average molecular weight is 525 g/mol. The Morgan fingerprint density at radius 2 is 1.86 bits per heavy atom. The number of carbonyl (C=O) groups is 1. The summed E-state index contributed by atoms with van der Waals surface area (Å²) in [6.45, 7) is 5.60. The Hall–Kier alpha value is -3.63. The fourth-order valence-corrected chi connectivity index (χ4v) is 5.86. The summed E-state index contributed by atoms with van der Waals surface area (Å²) in [4.78, 5) is 17.2. The fraction of sp³-hybridized carbons (Fsp3) is 0.333. The van der Waals surface area contributed by atoms with Crippen molar-refractivity contribution in [3.8, 4) is 5.75 Å². The summed E-state index contributed by atoms with van der Waals surface area (Å²) >= 11 is 0. The molecule has 2 aromatic carbocycles. The lowest BCUT2D eigenvalue weighted by atomic mass is 10.1. The molecule has 0 saturated heterocycles. The molecule has 0 aliphatic carbocycles. The van der Waals surface area contributed by atoms with Gasteiger partial charge >= 0.3 is 0 Å². The van der Waals surface area contributed by atoms with E-state index in [1.807, 2.05) is 24.3 Å². The summed E-state index contributed by atoms with van der Waals surface area (Å²) in [7, 11) is -0.752. The highest BCUT2D eigenvalue weighted by molar-refractivity contribution is 7.89. The number of rotatable bonds is 10. The third kappa shape index (κ3) is 6.03. The van der Waals surface area contributed by atoms with Crippen molar-refractivity contribution in [1.82, 2.24) is 14.9 Å². The molecule has 0 radical (unpaired) electrons. The van der Waals surface area contributed by atoms with Gasteiger partial charge in [-0.25, -0.2) is 8.42 Å². The van der Waals surface area contributed by atoms with E-state index in [4.69, 9.17) is 9.15 Å². The maximum Gasteiger partial charge on any atom is 0.254 e. The Morgan fingerprint density at radius 3 is 2.49 bits per heavy atom. The van der Waals surface area contributed by atoms with Crippen LogP contribution in [0.15, 0.2) is 63.0 Å². The topological polar surface area (TPSA) is 113 Å². The van der Waals surface area contributed by atoms with Crippen molar-refractivity contribution in [1.29, 1.82) is 0 Å². The highest BCUT2D eigenvalue weighted by atomic mass is 32.2. The summed E-state index contributed by atoms with van der Waals surface area (Å²) in [5, 5.41) is 6.14. The van der Waals surface area contributed by atoms with E-state index in [-0.39, 0.29) is 17.3 Å². The number of amides is 1. The van der Waals surface area contributed by atoms with E-state index in [2.05, 4.69) is 15.6 Å². The number of aryl methyl sites for hydroxylation is 2. The number of methoxy groups -OCH3 is 1. The minimum absolute atomic E-state index is 0.00692. The molecule has 10 heteroatoms. The number of furan rings is 1. The summed E-state index contributed by atoms with van der Waals surface area (Å²) in [5.74, 6) is 1.62. The van der Waals surface area contributed by atoms with Gasteiger partial charge in [0.2, 0.25) is 10.0 Å². The van der Waals surface area contributed by atoms with Gasteiger partial charge < -0.3 is 19.8 Å². The van der Waals surface area contributed by atoms with Gasteiger partial charge in [-0.1, -0.05) is 24.3 Å². The second-order valence-electron chi connectivity index (χ2n) is 9.01. The lowest BCUT2D eigenvalue weighted by Crippen LogP contribution is -2.28. The number of ether oxygens (including phenoxy) is 1. The van der Waals surface area contributed by atoms with Crippen LogP contribution in [0.2, 0.25) is 0 Å². The number of hydrogen-bond donors (Lipinski definition) is 2. The lowest BCUT2D eigenvalue weighted by Gasteiger charge is -2.19. The minimum atomic E-state index is -3.78. The molecule has 0 atom stereocenters. The smallest absolute Gasteiger partial charge is 0.254 e. The Labute approximate surface area is 217 Å². The molecule has 0 bridgehead atoms. The first kappa shape index (κ1) is 26.4. The molecule has 9 nitrogen and oxygen atoms in total. The van der Waals surface area contributed by atoms with Crippen molar-refractivity contribution in [3.63, 3.8) is 0 Å². The van der Waals surface area contributed by atoms with Crippen molar-refractivity contribution in [2.45, 2.75) is 31.7 Å². The monoisotopic (exact) mass is 524 g/mol. The first-order valence-electron chi connectivity index (χ1n) is 12.0. The molecule has 2 heterocycles. The average Bonchev–Trinajstić information content (AvgIpc) is 3.56. The van der Waals surface area contributed by atoms with E-state index in [0.717, 1.165) is 30.1 Å². The first-order valence-corrected chi connectivity index (χ1v) is 13.5. The molecule has 3 aromatic rings. The van der Waals surface area contributed by atoms with E-state index < -0.39 is 10.0 Å². The highest BCUT2D eigenvalue weighted by Gasteiger charge is 2.26. The van der Waals surface area contributed by atoms with Crippen molar-refractivity contribution >= 4 is 21.8 Å². The number of hydrogen-bond acceptors (Lipinski definition) is 7. The van der Waals surface area contributed by atoms with E-state index >= 15 is 0 Å². The molecular weight excluding hydrogens is 492 g/mol. The molecule has 1 aliphatic rings. The van der Waals surface area contributed by atoms with E-state index in [0.29, 0.717) is 41.2 Å². The van der Waals surface area contributed by atoms with Gasteiger partial charge in [-0.05, 0) is 55.2 Å². The van der Waals surface area contributed by atoms with Gasteiger partial charge in [0.1, 0.15) is 23.6 Å². The van der Waals surface area contributed by atoms with Crippen molar-refractivity contribution in [2.24, 2.45) is 4.99 Å². The number of benzene rings is 2.